The van der Waals surface area contributed by atoms with Crippen LogP contribution in [-0.2, 0) is 11.0 Å². The van der Waals surface area contributed by atoms with Crippen LogP contribution in [0.25, 0.3) is 0 Å². The molecule has 2 aliphatic rings. The van der Waals surface area contributed by atoms with Crippen LogP contribution < -0.4 is 10.2 Å². The third-order valence-corrected chi connectivity index (χ3v) is 7.49. The highest BCUT2D eigenvalue weighted by molar-refractivity contribution is 6.30. The number of anilines is 2. The minimum atomic E-state index is -4.36. The summed E-state index contributed by atoms with van der Waals surface area (Å²) in [5, 5.41) is 3.97. The molecule has 2 fully saturated rings. The second-order valence-corrected chi connectivity index (χ2v) is 10.4. The van der Waals surface area contributed by atoms with E-state index in [1.54, 1.807) is 6.07 Å². The largest absolute Gasteiger partial charge is 0.416 e. The van der Waals surface area contributed by atoms with Crippen molar-refractivity contribution >= 4 is 28.9 Å². The number of halogens is 4. The smallest absolute Gasteiger partial charge is 0.382 e. The van der Waals surface area contributed by atoms with Crippen molar-refractivity contribution in [3.05, 3.63) is 58.6 Å². The molecule has 0 spiro atoms. The standard InChI is InChI=1S/C27H34ClF3N4O/c1-19-3-6-23(17-25(19)27(29,30)31)32-22-9-11-35(12-10-22)26(36)20(2)18-33-13-15-34(16-14-33)24-7-4-21(28)5-8-24/h3-8,17,20,22,32H,9-16,18H2,1-2H3. The Kier molecular flexibility index (Phi) is 8.35. The fourth-order valence-electron chi connectivity index (χ4n) is 5.11. The molecule has 36 heavy (non-hydrogen) atoms. The number of hydrogen-bond acceptors (Lipinski definition) is 4. The average Bonchev–Trinajstić information content (AvgIpc) is 2.85. The van der Waals surface area contributed by atoms with Crippen molar-refractivity contribution in [1.82, 2.24) is 9.80 Å². The molecule has 2 aromatic rings. The Hall–Kier alpha value is -2.45. The predicted octanol–water partition coefficient (Wildman–Crippen LogP) is 5.53. The van der Waals surface area contributed by atoms with Crippen molar-refractivity contribution in [3.63, 3.8) is 0 Å². The summed E-state index contributed by atoms with van der Waals surface area (Å²) in [4.78, 5) is 19.7. The molecular weight excluding hydrogens is 489 g/mol. The molecule has 0 bridgehead atoms. The fraction of sp³-hybridized carbons (Fsp3) is 0.519. The van der Waals surface area contributed by atoms with Crippen molar-refractivity contribution in [3.8, 4) is 0 Å². The van der Waals surface area contributed by atoms with Gasteiger partial charge in [-0.2, -0.15) is 13.2 Å². The van der Waals surface area contributed by atoms with E-state index in [1.807, 2.05) is 36.1 Å². The van der Waals surface area contributed by atoms with Crippen LogP contribution in [0.15, 0.2) is 42.5 Å². The molecule has 5 nitrogen and oxygen atoms in total. The maximum absolute atomic E-state index is 13.2. The van der Waals surface area contributed by atoms with Crippen LogP contribution in [0.3, 0.4) is 0 Å². The number of nitrogens with zero attached hydrogens (tertiary/aromatic N) is 3. The molecule has 0 aliphatic carbocycles. The molecular formula is C27H34ClF3N4O. The average molecular weight is 523 g/mol. The first-order chi connectivity index (χ1) is 17.1. The van der Waals surface area contributed by atoms with Gasteiger partial charge in [0, 0.05) is 74.2 Å². The summed E-state index contributed by atoms with van der Waals surface area (Å²) in [6.45, 7) is 9.05. The minimum Gasteiger partial charge on any atom is -0.382 e. The van der Waals surface area contributed by atoms with E-state index in [0.717, 1.165) is 37.7 Å². The van der Waals surface area contributed by atoms with Crippen LogP contribution in [0.4, 0.5) is 24.5 Å². The Bertz CT molecular complexity index is 1030. The van der Waals surface area contributed by atoms with E-state index in [-0.39, 0.29) is 23.4 Å². The number of likely N-dealkylation sites (tertiary alicyclic amines) is 1. The molecule has 196 valence electrons. The zero-order valence-corrected chi connectivity index (χ0v) is 21.6. The monoisotopic (exact) mass is 522 g/mol. The SMILES string of the molecule is Cc1ccc(NC2CCN(C(=O)C(C)CN3CCN(c4ccc(Cl)cc4)CC3)CC2)cc1C(F)(F)F. The summed E-state index contributed by atoms with van der Waals surface area (Å²) in [6.07, 6.45) is -2.93. The maximum Gasteiger partial charge on any atom is 0.416 e. The molecule has 2 aromatic carbocycles. The molecule has 2 saturated heterocycles. The zero-order valence-electron chi connectivity index (χ0n) is 20.8. The van der Waals surface area contributed by atoms with Gasteiger partial charge in [-0.05, 0) is 61.7 Å². The number of nitrogens with one attached hydrogen (secondary N) is 1. The first-order valence-electron chi connectivity index (χ1n) is 12.6. The van der Waals surface area contributed by atoms with Crippen LogP contribution in [0, 0.1) is 12.8 Å². The number of piperazine rings is 1. The third-order valence-electron chi connectivity index (χ3n) is 7.24. The second kappa shape index (κ2) is 11.3. The van der Waals surface area contributed by atoms with E-state index in [2.05, 4.69) is 15.1 Å². The van der Waals surface area contributed by atoms with E-state index in [4.69, 9.17) is 11.6 Å². The van der Waals surface area contributed by atoms with Crippen molar-refractivity contribution in [2.24, 2.45) is 5.92 Å². The Balaban J connectivity index is 1.22. The van der Waals surface area contributed by atoms with Crippen LogP contribution in [0.2, 0.25) is 5.02 Å². The molecule has 1 N–H and O–H groups in total. The summed E-state index contributed by atoms with van der Waals surface area (Å²) in [7, 11) is 0. The van der Waals surface area contributed by atoms with Gasteiger partial charge in [0.2, 0.25) is 5.91 Å². The second-order valence-electron chi connectivity index (χ2n) is 9.94. The van der Waals surface area contributed by atoms with Crippen molar-refractivity contribution in [2.75, 3.05) is 56.0 Å². The predicted molar refractivity (Wildman–Crippen MR) is 139 cm³/mol. The van der Waals surface area contributed by atoms with Gasteiger partial charge in [-0.25, -0.2) is 0 Å². The summed E-state index contributed by atoms with van der Waals surface area (Å²) in [5.41, 5.74) is 1.25. The molecule has 0 aromatic heterocycles. The Morgan fingerprint density at radius 3 is 2.28 bits per heavy atom. The normalized spacial score (nSPS) is 18.8. The molecule has 9 heteroatoms. The van der Waals surface area contributed by atoms with Gasteiger partial charge in [0.25, 0.3) is 0 Å². The number of piperidine rings is 1. The number of hydrogen-bond donors (Lipinski definition) is 1. The minimum absolute atomic E-state index is 0.0501. The molecule has 0 radical (unpaired) electrons. The van der Waals surface area contributed by atoms with Crippen LogP contribution in [-0.4, -0.2) is 67.6 Å². The lowest BCUT2D eigenvalue weighted by atomic mass is 10.0. The van der Waals surface area contributed by atoms with Gasteiger partial charge in [-0.1, -0.05) is 24.6 Å². The number of benzene rings is 2. The van der Waals surface area contributed by atoms with E-state index in [0.29, 0.717) is 31.6 Å². The van der Waals surface area contributed by atoms with Crippen LogP contribution in [0.5, 0.6) is 0 Å². The van der Waals surface area contributed by atoms with Gasteiger partial charge in [-0.3, -0.25) is 9.69 Å². The molecule has 1 unspecified atom stereocenters. The topological polar surface area (TPSA) is 38.8 Å². The number of alkyl halides is 3. The number of carbonyl (C=O) groups excluding carboxylic acids is 1. The first kappa shape index (κ1) is 26.6. The molecule has 0 saturated carbocycles. The lowest BCUT2D eigenvalue weighted by molar-refractivity contribution is -0.138. The fourth-order valence-corrected chi connectivity index (χ4v) is 5.24. The van der Waals surface area contributed by atoms with E-state index >= 15 is 0 Å². The van der Waals surface area contributed by atoms with Gasteiger partial charge in [0.1, 0.15) is 0 Å². The van der Waals surface area contributed by atoms with Crippen molar-refractivity contribution < 1.29 is 18.0 Å². The van der Waals surface area contributed by atoms with Crippen molar-refractivity contribution in [1.29, 1.82) is 0 Å². The molecule has 4 rings (SSSR count). The Labute approximate surface area is 216 Å². The maximum atomic E-state index is 13.2. The van der Waals surface area contributed by atoms with E-state index in [1.165, 1.54) is 24.7 Å². The molecule has 2 heterocycles. The number of aryl methyl sites for hydroxylation is 1. The number of amides is 1. The van der Waals surface area contributed by atoms with Gasteiger partial charge in [0.15, 0.2) is 0 Å². The number of rotatable bonds is 6. The summed E-state index contributed by atoms with van der Waals surface area (Å²) in [5.74, 6) is 0.0614. The summed E-state index contributed by atoms with van der Waals surface area (Å²) >= 11 is 5.99. The van der Waals surface area contributed by atoms with Gasteiger partial charge in [0.05, 0.1) is 5.56 Å². The Morgan fingerprint density at radius 2 is 1.67 bits per heavy atom. The first-order valence-corrected chi connectivity index (χ1v) is 12.9. The lowest BCUT2D eigenvalue weighted by Gasteiger charge is -2.38. The summed E-state index contributed by atoms with van der Waals surface area (Å²) in [6, 6.07) is 12.3. The van der Waals surface area contributed by atoms with Crippen LogP contribution >= 0.6 is 11.6 Å². The van der Waals surface area contributed by atoms with E-state index in [9.17, 15) is 18.0 Å². The van der Waals surface area contributed by atoms with E-state index < -0.39 is 11.7 Å². The van der Waals surface area contributed by atoms with Gasteiger partial charge < -0.3 is 15.1 Å². The lowest BCUT2D eigenvalue weighted by Crippen LogP contribution is -2.50. The third kappa shape index (κ3) is 6.65. The molecule has 1 amide bonds. The molecule has 1 atom stereocenters. The van der Waals surface area contributed by atoms with Gasteiger partial charge in [-0.15, -0.1) is 0 Å². The highest BCUT2D eigenvalue weighted by Gasteiger charge is 2.33. The van der Waals surface area contributed by atoms with Gasteiger partial charge >= 0.3 is 6.18 Å². The number of carbonyl (C=O) groups is 1. The summed E-state index contributed by atoms with van der Waals surface area (Å²) < 4.78 is 39.7. The molecule has 2 aliphatic heterocycles. The Morgan fingerprint density at radius 1 is 1.03 bits per heavy atom. The van der Waals surface area contributed by atoms with Crippen molar-refractivity contribution in [2.45, 2.75) is 38.9 Å². The quantitative estimate of drug-likeness (QED) is 0.541. The zero-order chi connectivity index (χ0) is 25.9. The van der Waals surface area contributed by atoms with Crippen LogP contribution in [0.1, 0.15) is 30.9 Å². The highest BCUT2D eigenvalue weighted by atomic mass is 35.5. The highest BCUT2D eigenvalue weighted by Crippen LogP contribution is 2.34.